The molecule has 0 unspecified atom stereocenters. The van der Waals surface area contributed by atoms with Crippen LogP contribution in [0.3, 0.4) is 0 Å². The van der Waals surface area contributed by atoms with E-state index in [1.807, 2.05) is 21.6 Å². The van der Waals surface area contributed by atoms with E-state index in [0.717, 1.165) is 35.1 Å². The Labute approximate surface area is 112 Å². The van der Waals surface area contributed by atoms with Gasteiger partial charge in [0.2, 0.25) is 0 Å². The third kappa shape index (κ3) is 2.42. The lowest BCUT2D eigenvalue weighted by atomic mass is 10.3. The van der Waals surface area contributed by atoms with Crippen LogP contribution in [-0.4, -0.2) is 19.6 Å². The van der Waals surface area contributed by atoms with Gasteiger partial charge in [-0.3, -0.25) is 9.36 Å². The lowest BCUT2D eigenvalue weighted by Crippen LogP contribution is -2.09. The van der Waals surface area contributed by atoms with Crippen molar-refractivity contribution in [3.63, 3.8) is 0 Å². The second-order valence-electron chi connectivity index (χ2n) is 4.09. The molecule has 0 aliphatic carbocycles. The van der Waals surface area contributed by atoms with Crippen LogP contribution in [0.25, 0.3) is 0 Å². The van der Waals surface area contributed by atoms with Gasteiger partial charge in [-0.25, -0.2) is 0 Å². The van der Waals surface area contributed by atoms with Gasteiger partial charge in [0, 0.05) is 19.3 Å². The molecule has 0 aliphatic heterocycles. The molecule has 0 spiro atoms. The molecule has 0 aliphatic rings. The van der Waals surface area contributed by atoms with Crippen LogP contribution < -0.4 is 5.73 Å². The fourth-order valence-electron chi connectivity index (χ4n) is 1.92. The van der Waals surface area contributed by atoms with E-state index in [-0.39, 0.29) is 0 Å². The molecule has 5 nitrogen and oxygen atoms in total. The van der Waals surface area contributed by atoms with E-state index >= 15 is 0 Å². The van der Waals surface area contributed by atoms with Crippen molar-refractivity contribution in [2.24, 2.45) is 5.73 Å². The normalized spacial score (nSPS) is 11.1. The second-order valence-corrected chi connectivity index (χ2v) is 4.46. The highest BCUT2D eigenvalue weighted by Gasteiger charge is 2.14. The number of halogens is 1. The van der Waals surface area contributed by atoms with Crippen molar-refractivity contribution in [1.82, 2.24) is 19.6 Å². The molecule has 2 aromatic rings. The van der Waals surface area contributed by atoms with Gasteiger partial charge in [-0.2, -0.15) is 10.2 Å². The molecule has 2 rings (SSSR count). The Morgan fingerprint density at radius 3 is 2.67 bits per heavy atom. The number of aryl methyl sites for hydroxylation is 2. The summed E-state index contributed by atoms with van der Waals surface area (Å²) in [4.78, 5) is 0. The predicted molar refractivity (Wildman–Crippen MR) is 71.5 cm³/mol. The van der Waals surface area contributed by atoms with Gasteiger partial charge in [-0.05, 0) is 19.4 Å². The van der Waals surface area contributed by atoms with Crippen LogP contribution in [-0.2, 0) is 26.1 Å². The topological polar surface area (TPSA) is 61.7 Å². The summed E-state index contributed by atoms with van der Waals surface area (Å²) in [7, 11) is 0. The van der Waals surface area contributed by atoms with E-state index in [1.54, 1.807) is 0 Å². The lowest BCUT2D eigenvalue weighted by Gasteiger charge is -2.05. The third-order valence-corrected chi connectivity index (χ3v) is 3.35. The van der Waals surface area contributed by atoms with E-state index in [0.29, 0.717) is 13.1 Å². The summed E-state index contributed by atoms with van der Waals surface area (Å²) in [6, 6.07) is 1.92. The highest BCUT2D eigenvalue weighted by atomic mass is 35.5. The number of aromatic nitrogens is 4. The molecule has 0 bridgehead atoms. The Morgan fingerprint density at radius 1 is 1.33 bits per heavy atom. The van der Waals surface area contributed by atoms with Gasteiger partial charge in [-0.15, -0.1) is 0 Å². The summed E-state index contributed by atoms with van der Waals surface area (Å²) >= 11 is 6.35. The maximum atomic E-state index is 6.35. The molecule has 98 valence electrons. The standard InChI is InChI=1S/C12H18ClN5/c1-3-10-12(13)11(18(4-2)16-10)8-17-6-5-9(7-14)15-17/h5-6H,3-4,7-8,14H2,1-2H3. The molecule has 0 atom stereocenters. The molecule has 0 fully saturated rings. The fraction of sp³-hybridized carbons (Fsp3) is 0.500. The highest BCUT2D eigenvalue weighted by molar-refractivity contribution is 6.31. The summed E-state index contributed by atoms with van der Waals surface area (Å²) in [5.41, 5.74) is 8.37. The van der Waals surface area contributed by atoms with Crippen molar-refractivity contribution in [3.05, 3.63) is 34.4 Å². The first kappa shape index (κ1) is 13.1. The minimum Gasteiger partial charge on any atom is -0.325 e. The van der Waals surface area contributed by atoms with Gasteiger partial charge in [0.05, 0.1) is 28.6 Å². The van der Waals surface area contributed by atoms with Crippen LogP contribution in [0.15, 0.2) is 12.3 Å². The summed E-state index contributed by atoms with van der Waals surface area (Å²) in [6.07, 6.45) is 2.75. The molecule has 0 saturated heterocycles. The Balaban J connectivity index is 2.29. The van der Waals surface area contributed by atoms with Crippen molar-refractivity contribution < 1.29 is 0 Å². The van der Waals surface area contributed by atoms with Crippen molar-refractivity contribution in [2.75, 3.05) is 0 Å². The van der Waals surface area contributed by atoms with Crippen LogP contribution in [0.2, 0.25) is 5.02 Å². The molecule has 2 N–H and O–H groups in total. The molecule has 18 heavy (non-hydrogen) atoms. The maximum absolute atomic E-state index is 6.35. The number of nitrogens with zero attached hydrogens (tertiary/aromatic N) is 4. The molecule has 2 aromatic heterocycles. The molecule has 6 heteroatoms. The highest BCUT2D eigenvalue weighted by Crippen LogP contribution is 2.22. The Morgan fingerprint density at radius 2 is 2.11 bits per heavy atom. The Kier molecular flexibility index (Phi) is 4.04. The van der Waals surface area contributed by atoms with Crippen LogP contribution >= 0.6 is 11.6 Å². The zero-order valence-electron chi connectivity index (χ0n) is 10.7. The number of nitrogens with two attached hydrogens (primary N) is 1. The first-order valence-corrected chi connectivity index (χ1v) is 6.53. The van der Waals surface area contributed by atoms with E-state index in [2.05, 4.69) is 24.0 Å². The van der Waals surface area contributed by atoms with Crippen molar-refractivity contribution >= 4 is 11.6 Å². The fourth-order valence-corrected chi connectivity index (χ4v) is 2.25. The van der Waals surface area contributed by atoms with Crippen LogP contribution in [0.4, 0.5) is 0 Å². The average molecular weight is 268 g/mol. The van der Waals surface area contributed by atoms with Gasteiger partial charge in [0.25, 0.3) is 0 Å². The summed E-state index contributed by atoms with van der Waals surface area (Å²) in [5.74, 6) is 0. The quantitative estimate of drug-likeness (QED) is 0.899. The average Bonchev–Trinajstić information content (AvgIpc) is 2.96. The number of rotatable bonds is 5. The summed E-state index contributed by atoms with van der Waals surface area (Å²) in [5, 5.41) is 9.61. The zero-order chi connectivity index (χ0) is 13.1. The van der Waals surface area contributed by atoms with Gasteiger partial charge in [0.15, 0.2) is 0 Å². The van der Waals surface area contributed by atoms with Crippen molar-refractivity contribution in [1.29, 1.82) is 0 Å². The molecule has 0 aromatic carbocycles. The first-order chi connectivity index (χ1) is 8.69. The van der Waals surface area contributed by atoms with Gasteiger partial charge >= 0.3 is 0 Å². The summed E-state index contributed by atoms with van der Waals surface area (Å²) in [6.45, 7) is 5.99. The minimum absolute atomic E-state index is 0.452. The van der Waals surface area contributed by atoms with Crippen LogP contribution in [0.1, 0.15) is 30.9 Å². The van der Waals surface area contributed by atoms with E-state index < -0.39 is 0 Å². The second kappa shape index (κ2) is 5.54. The molecule has 0 radical (unpaired) electrons. The lowest BCUT2D eigenvalue weighted by molar-refractivity contribution is 0.570. The number of hydrogen-bond donors (Lipinski definition) is 1. The first-order valence-electron chi connectivity index (χ1n) is 6.16. The Hall–Kier alpha value is -1.33. The molecular formula is C12H18ClN5. The molecule has 0 saturated carbocycles. The Bertz CT molecular complexity index is 529. The number of hydrogen-bond acceptors (Lipinski definition) is 3. The van der Waals surface area contributed by atoms with E-state index in [1.165, 1.54) is 0 Å². The van der Waals surface area contributed by atoms with E-state index in [4.69, 9.17) is 17.3 Å². The SMILES string of the molecule is CCc1nn(CC)c(Cn2ccc(CN)n2)c1Cl. The molecule has 2 heterocycles. The summed E-state index contributed by atoms with van der Waals surface area (Å²) < 4.78 is 3.78. The largest absolute Gasteiger partial charge is 0.325 e. The van der Waals surface area contributed by atoms with Crippen molar-refractivity contribution in [3.8, 4) is 0 Å². The van der Waals surface area contributed by atoms with Crippen molar-refractivity contribution in [2.45, 2.75) is 39.9 Å². The zero-order valence-corrected chi connectivity index (χ0v) is 11.5. The smallest absolute Gasteiger partial charge is 0.0869 e. The van der Waals surface area contributed by atoms with Gasteiger partial charge in [0.1, 0.15) is 0 Å². The maximum Gasteiger partial charge on any atom is 0.0869 e. The molecule has 0 amide bonds. The minimum atomic E-state index is 0.452. The predicted octanol–water partition coefficient (Wildman–Crippen LogP) is 1.82. The molecular weight excluding hydrogens is 250 g/mol. The monoisotopic (exact) mass is 267 g/mol. The van der Waals surface area contributed by atoms with Gasteiger partial charge in [-0.1, -0.05) is 18.5 Å². The van der Waals surface area contributed by atoms with Crippen LogP contribution in [0.5, 0.6) is 0 Å². The van der Waals surface area contributed by atoms with Crippen LogP contribution in [0, 0.1) is 0 Å². The van der Waals surface area contributed by atoms with E-state index in [9.17, 15) is 0 Å². The van der Waals surface area contributed by atoms with Gasteiger partial charge < -0.3 is 5.73 Å². The third-order valence-electron chi connectivity index (χ3n) is 2.91.